The van der Waals surface area contributed by atoms with Crippen LogP contribution in [-0.4, -0.2) is 57.2 Å². The molecule has 0 aromatic heterocycles. The van der Waals surface area contributed by atoms with E-state index < -0.39 is 23.9 Å². The molecule has 0 spiro atoms. The van der Waals surface area contributed by atoms with Crippen molar-refractivity contribution in [3.63, 3.8) is 0 Å². The van der Waals surface area contributed by atoms with Crippen LogP contribution in [0.4, 0.5) is 9.59 Å². The Labute approximate surface area is 236 Å². The molecule has 1 unspecified atom stereocenters. The summed E-state index contributed by atoms with van der Waals surface area (Å²) in [6.45, 7) is 9.19. The first-order valence-corrected chi connectivity index (χ1v) is 13.0. The maximum atomic E-state index is 12.5. The molecule has 0 radical (unpaired) electrons. The Morgan fingerprint density at radius 3 is 2.02 bits per heavy atom. The number of rotatable bonds is 12. The summed E-state index contributed by atoms with van der Waals surface area (Å²) in [5.74, 6) is 1.23. The topological polar surface area (TPSA) is 121 Å². The molecular formula is C30H40N2O8. The number of amides is 2. The highest BCUT2D eigenvalue weighted by molar-refractivity contribution is 5.85. The van der Waals surface area contributed by atoms with Gasteiger partial charge >= 0.3 is 12.2 Å². The van der Waals surface area contributed by atoms with Gasteiger partial charge < -0.3 is 34.3 Å². The van der Waals surface area contributed by atoms with Crippen molar-refractivity contribution in [1.82, 2.24) is 10.6 Å². The zero-order valence-corrected chi connectivity index (χ0v) is 24.2. The number of ether oxygens (including phenoxy) is 5. The lowest BCUT2D eigenvalue weighted by molar-refractivity contribution is -0.124. The summed E-state index contributed by atoms with van der Waals surface area (Å²) in [6, 6.07) is 11.8. The average Bonchev–Trinajstić information content (AvgIpc) is 2.89. The molecule has 2 rings (SSSR count). The van der Waals surface area contributed by atoms with Crippen molar-refractivity contribution < 1.29 is 38.1 Å². The van der Waals surface area contributed by atoms with Crippen LogP contribution in [0, 0.1) is 5.92 Å². The fourth-order valence-electron chi connectivity index (χ4n) is 3.41. The van der Waals surface area contributed by atoms with Crippen molar-refractivity contribution in [2.24, 2.45) is 5.92 Å². The van der Waals surface area contributed by atoms with Gasteiger partial charge in [-0.3, -0.25) is 4.79 Å². The molecule has 2 aromatic carbocycles. The van der Waals surface area contributed by atoms with E-state index in [1.54, 1.807) is 53.2 Å². The second-order valence-electron chi connectivity index (χ2n) is 10.3. The van der Waals surface area contributed by atoms with Crippen LogP contribution in [0.3, 0.4) is 0 Å². The van der Waals surface area contributed by atoms with Crippen molar-refractivity contribution in [2.75, 3.05) is 27.4 Å². The van der Waals surface area contributed by atoms with E-state index in [4.69, 9.17) is 23.7 Å². The minimum absolute atomic E-state index is 0.0514. The van der Waals surface area contributed by atoms with Crippen LogP contribution < -0.4 is 24.8 Å². The number of hydrogen-bond acceptors (Lipinski definition) is 8. The number of carbonyl (C=O) groups excluding carboxylic acids is 3. The smallest absolute Gasteiger partial charge is 0.497 e. The van der Waals surface area contributed by atoms with Gasteiger partial charge in [-0.2, -0.15) is 0 Å². The molecule has 10 heteroatoms. The zero-order chi connectivity index (χ0) is 29.7. The van der Waals surface area contributed by atoms with Crippen LogP contribution in [-0.2, 0) is 14.3 Å². The van der Waals surface area contributed by atoms with Crippen molar-refractivity contribution >= 4 is 30.3 Å². The summed E-state index contributed by atoms with van der Waals surface area (Å²) in [6.07, 6.45) is 2.71. The van der Waals surface area contributed by atoms with E-state index in [0.29, 0.717) is 23.7 Å². The number of carbonyl (C=O) groups is 3. The predicted octanol–water partition coefficient (Wildman–Crippen LogP) is 5.45. The molecule has 1 atom stereocenters. The van der Waals surface area contributed by atoms with E-state index >= 15 is 0 Å². The number of alkyl carbamates (subject to hydrolysis) is 1. The molecule has 2 aromatic rings. The quantitative estimate of drug-likeness (QED) is 0.153. The van der Waals surface area contributed by atoms with Crippen LogP contribution in [0.2, 0.25) is 0 Å². The fraction of sp³-hybridized carbons (Fsp3) is 0.433. The second-order valence-corrected chi connectivity index (χ2v) is 10.3. The van der Waals surface area contributed by atoms with Gasteiger partial charge in [-0.05, 0) is 68.5 Å². The molecule has 0 saturated heterocycles. The molecule has 10 nitrogen and oxygen atoms in total. The third kappa shape index (κ3) is 11.7. The molecule has 2 amide bonds. The fourth-order valence-corrected chi connectivity index (χ4v) is 3.41. The summed E-state index contributed by atoms with van der Waals surface area (Å²) in [5, 5.41) is 5.33. The highest BCUT2D eigenvalue weighted by Gasteiger charge is 2.26. The maximum absolute atomic E-state index is 12.5. The lowest BCUT2D eigenvalue weighted by Crippen LogP contribution is -2.51. The zero-order valence-electron chi connectivity index (χ0n) is 24.2. The van der Waals surface area contributed by atoms with Gasteiger partial charge in [0.1, 0.15) is 28.9 Å². The van der Waals surface area contributed by atoms with E-state index in [0.717, 1.165) is 11.1 Å². The first-order valence-electron chi connectivity index (χ1n) is 13.0. The molecular weight excluding hydrogens is 516 g/mol. The molecule has 218 valence electrons. The van der Waals surface area contributed by atoms with Gasteiger partial charge in [0.25, 0.3) is 0 Å². The lowest BCUT2D eigenvalue weighted by atomic mass is 10.0. The van der Waals surface area contributed by atoms with Gasteiger partial charge in [-0.1, -0.05) is 38.1 Å². The second kappa shape index (κ2) is 15.4. The summed E-state index contributed by atoms with van der Waals surface area (Å²) >= 11 is 0. The highest BCUT2D eigenvalue weighted by atomic mass is 16.7. The van der Waals surface area contributed by atoms with Gasteiger partial charge in [0, 0.05) is 12.6 Å². The van der Waals surface area contributed by atoms with Gasteiger partial charge in [0.15, 0.2) is 0 Å². The average molecular weight is 557 g/mol. The van der Waals surface area contributed by atoms with E-state index in [9.17, 15) is 14.4 Å². The summed E-state index contributed by atoms with van der Waals surface area (Å²) in [7, 11) is 3.20. The number of methoxy groups -OCH3 is 2. The third-order valence-electron chi connectivity index (χ3n) is 5.38. The first kappa shape index (κ1) is 32.0. The van der Waals surface area contributed by atoms with Gasteiger partial charge in [0.2, 0.25) is 5.91 Å². The Morgan fingerprint density at radius 1 is 0.875 bits per heavy atom. The highest BCUT2D eigenvalue weighted by Crippen LogP contribution is 2.24. The van der Waals surface area contributed by atoms with Crippen molar-refractivity contribution in [2.45, 2.75) is 52.7 Å². The predicted molar refractivity (Wildman–Crippen MR) is 153 cm³/mol. The SMILES string of the molecule is COc1cc(/C=C/c2ccc(OC(=O)OCCCNC(=O)C(NC(=O)OC(C)(C)C)C(C)C)cc2)cc(OC)c1. The largest absolute Gasteiger partial charge is 0.513 e. The summed E-state index contributed by atoms with van der Waals surface area (Å²) in [5.41, 5.74) is 1.15. The van der Waals surface area contributed by atoms with E-state index in [1.165, 1.54) is 0 Å². The molecule has 0 fully saturated rings. The molecule has 0 heterocycles. The summed E-state index contributed by atoms with van der Waals surface area (Å²) in [4.78, 5) is 36.6. The Hall–Kier alpha value is -4.21. The van der Waals surface area contributed by atoms with Crippen molar-refractivity contribution in [3.8, 4) is 17.2 Å². The first-order chi connectivity index (χ1) is 18.9. The lowest BCUT2D eigenvalue weighted by Gasteiger charge is -2.25. The Morgan fingerprint density at radius 2 is 1.48 bits per heavy atom. The van der Waals surface area contributed by atoms with Crippen LogP contribution >= 0.6 is 0 Å². The molecule has 0 bridgehead atoms. The standard InChI is InChI=1S/C30H40N2O8/c1-20(2)26(32-28(34)40-30(3,4)5)27(33)31-15-8-16-38-29(35)39-23-13-11-21(12-14-23)9-10-22-17-24(36-6)19-25(18-22)37-7/h9-14,17-20,26H,8,15-16H2,1-7H3,(H,31,33)(H,32,34)/b10-9+. The maximum Gasteiger partial charge on any atom is 0.513 e. The molecule has 0 saturated carbocycles. The molecule has 2 N–H and O–H groups in total. The van der Waals surface area contributed by atoms with E-state index in [2.05, 4.69) is 10.6 Å². The van der Waals surface area contributed by atoms with E-state index in [1.807, 2.05) is 50.3 Å². The van der Waals surface area contributed by atoms with Gasteiger partial charge in [-0.15, -0.1) is 0 Å². The minimum atomic E-state index is -0.843. The van der Waals surface area contributed by atoms with Crippen molar-refractivity contribution in [3.05, 3.63) is 53.6 Å². The van der Waals surface area contributed by atoms with Gasteiger partial charge in [0.05, 0.1) is 20.8 Å². The molecule has 0 aliphatic carbocycles. The van der Waals surface area contributed by atoms with Crippen LogP contribution in [0.25, 0.3) is 12.2 Å². The molecule has 0 aliphatic heterocycles. The van der Waals surface area contributed by atoms with Crippen LogP contribution in [0.5, 0.6) is 17.2 Å². The third-order valence-corrected chi connectivity index (χ3v) is 5.38. The number of benzene rings is 2. The van der Waals surface area contributed by atoms with Gasteiger partial charge in [-0.25, -0.2) is 9.59 Å². The molecule has 0 aliphatic rings. The Kier molecular flexibility index (Phi) is 12.3. The van der Waals surface area contributed by atoms with E-state index in [-0.39, 0.29) is 25.0 Å². The number of nitrogens with one attached hydrogen (secondary N) is 2. The normalized spacial score (nSPS) is 12.0. The minimum Gasteiger partial charge on any atom is -0.497 e. The Bertz CT molecular complexity index is 1130. The Balaban J connectivity index is 1.75. The van der Waals surface area contributed by atoms with Crippen molar-refractivity contribution in [1.29, 1.82) is 0 Å². The monoisotopic (exact) mass is 556 g/mol. The summed E-state index contributed by atoms with van der Waals surface area (Å²) < 4.78 is 26.1. The number of hydrogen-bond donors (Lipinski definition) is 2. The van der Waals surface area contributed by atoms with Crippen LogP contribution in [0.1, 0.15) is 52.2 Å². The van der Waals surface area contributed by atoms with Crippen LogP contribution in [0.15, 0.2) is 42.5 Å². The molecule has 40 heavy (non-hydrogen) atoms.